The highest BCUT2D eigenvalue weighted by Crippen LogP contribution is 2.09. The zero-order chi connectivity index (χ0) is 9.19. The molecule has 4 nitrogen and oxygen atoms in total. The van der Waals surface area contributed by atoms with Crippen LogP contribution in [0, 0.1) is 0 Å². The van der Waals surface area contributed by atoms with E-state index in [2.05, 4.69) is 4.98 Å². The molecule has 12 heavy (non-hydrogen) atoms. The molecule has 1 rings (SSSR count). The van der Waals surface area contributed by atoms with E-state index >= 15 is 0 Å². The van der Waals surface area contributed by atoms with Crippen LogP contribution < -0.4 is 0 Å². The van der Waals surface area contributed by atoms with Crippen molar-refractivity contribution < 1.29 is 8.42 Å². The van der Waals surface area contributed by atoms with Crippen LogP contribution in [-0.4, -0.2) is 24.8 Å². The first-order valence-corrected chi connectivity index (χ1v) is 6.24. The molecule has 0 aromatic carbocycles. The standard InChI is InChI=1S/C5H7ClN2O2S2/c1-8(12(6,9)10)2-5-3-11-4-7-5/h3-4H,2H2,1H3. The molecule has 68 valence electrons. The molecule has 0 aliphatic rings. The Morgan fingerprint density at radius 2 is 2.42 bits per heavy atom. The first-order valence-electron chi connectivity index (χ1n) is 3.03. The summed E-state index contributed by atoms with van der Waals surface area (Å²) >= 11 is 1.42. The molecule has 0 saturated carbocycles. The Kier molecular flexibility index (Phi) is 3.05. The Balaban J connectivity index is 2.66. The maximum absolute atomic E-state index is 10.7. The van der Waals surface area contributed by atoms with Gasteiger partial charge in [0.15, 0.2) is 0 Å². The second kappa shape index (κ2) is 3.69. The van der Waals surface area contributed by atoms with Crippen molar-refractivity contribution in [3.8, 4) is 0 Å². The fourth-order valence-electron chi connectivity index (χ4n) is 0.621. The largest absolute Gasteiger partial charge is 0.299 e. The van der Waals surface area contributed by atoms with Crippen LogP contribution in [0.5, 0.6) is 0 Å². The van der Waals surface area contributed by atoms with Gasteiger partial charge in [-0.25, -0.2) is 4.98 Å². The average Bonchev–Trinajstić information content (AvgIpc) is 2.37. The van der Waals surface area contributed by atoms with Gasteiger partial charge in [0.1, 0.15) is 0 Å². The molecular weight excluding hydrogens is 220 g/mol. The van der Waals surface area contributed by atoms with Crippen molar-refractivity contribution in [1.29, 1.82) is 0 Å². The summed E-state index contributed by atoms with van der Waals surface area (Å²) < 4.78 is 22.5. The Hall–Kier alpha value is -0.170. The summed E-state index contributed by atoms with van der Waals surface area (Å²) in [6, 6.07) is 0. The lowest BCUT2D eigenvalue weighted by Gasteiger charge is -2.09. The molecule has 0 radical (unpaired) electrons. The first kappa shape index (κ1) is 9.91. The van der Waals surface area contributed by atoms with Crippen molar-refractivity contribution in [2.75, 3.05) is 7.05 Å². The molecule has 1 heterocycles. The molecule has 0 atom stereocenters. The SMILES string of the molecule is CN(Cc1cscn1)S(=O)(=O)Cl. The van der Waals surface area contributed by atoms with Crippen molar-refractivity contribution in [1.82, 2.24) is 9.29 Å². The smallest absolute Gasteiger partial charge is 0.248 e. The van der Waals surface area contributed by atoms with Crippen LogP contribution in [0.2, 0.25) is 0 Å². The number of hydrogen-bond acceptors (Lipinski definition) is 4. The van der Waals surface area contributed by atoms with Gasteiger partial charge in [0.05, 0.1) is 17.7 Å². The van der Waals surface area contributed by atoms with Gasteiger partial charge in [0.25, 0.3) is 9.24 Å². The van der Waals surface area contributed by atoms with E-state index in [0.29, 0.717) is 5.69 Å². The van der Waals surface area contributed by atoms with E-state index in [1.165, 1.54) is 18.4 Å². The van der Waals surface area contributed by atoms with E-state index < -0.39 is 9.24 Å². The van der Waals surface area contributed by atoms with Crippen molar-refractivity contribution >= 4 is 31.3 Å². The number of thiazole rings is 1. The number of hydrogen-bond donors (Lipinski definition) is 0. The van der Waals surface area contributed by atoms with E-state index in [-0.39, 0.29) is 6.54 Å². The van der Waals surface area contributed by atoms with Gasteiger partial charge in [-0.3, -0.25) is 0 Å². The van der Waals surface area contributed by atoms with Gasteiger partial charge >= 0.3 is 0 Å². The fraction of sp³-hybridized carbons (Fsp3) is 0.400. The minimum atomic E-state index is -3.61. The predicted molar refractivity (Wildman–Crippen MR) is 48.4 cm³/mol. The van der Waals surface area contributed by atoms with Crippen molar-refractivity contribution in [2.24, 2.45) is 0 Å². The Bertz CT molecular complexity index is 334. The summed E-state index contributed by atoms with van der Waals surface area (Å²) in [7, 11) is 2.87. The summed E-state index contributed by atoms with van der Waals surface area (Å²) in [6.07, 6.45) is 0. The maximum atomic E-state index is 10.7. The summed E-state index contributed by atoms with van der Waals surface area (Å²) in [5.41, 5.74) is 2.34. The molecule has 1 aromatic heterocycles. The van der Waals surface area contributed by atoms with E-state index in [9.17, 15) is 8.42 Å². The minimum Gasteiger partial charge on any atom is -0.248 e. The fourth-order valence-corrected chi connectivity index (χ4v) is 1.60. The molecule has 0 amide bonds. The zero-order valence-corrected chi connectivity index (χ0v) is 8.66. The lowest BCUT2D eigenvalue weighted by molar-refractivity contribution is 0.476. The zero-order valence-electron chi connectivity index (χ0n) is 6.27. The Morgan fingerprint density at radius 3 is 2.83 bits per heavy atom. The van der Waals surface area contributed by atoms with E-state index in [1.807, 2.05) is 0 Å². The topological polar surface area (TPSA) is 50.3 Å². The van der Waals surface area contributed by atoms with Crippen LogP contribution in [0.25, 0.3) is 0 Å². The highest BCUT2D eigenvalue weighted by molar-refractivity contribution is 8.11. The normalized spacial score (nSPS) is 12.2. The molecule has 0 spiro atoms. The van der Waals surface area contributed by atoms with E-state index in [0.717, 1.165) is 4.31 Å². The lowest BCUT2D eigenvalue weighted by atomic mass is 10.5. The molecule has 7 heteroatoms. The van der Waals surface area contributed by atoms with Crippen LogP contribution >= 0.6 is 22.0 Å². The first-order chi connectivity index (χ1) is 5.50. The second-order valence-corrected chi connectivity index (χ2v) is 5.51. The molecule has 0 saturated heterocycles. The molecule has 0 N–H and O–H groups in total. The van der Waals surface area contributed by atoms with Gasteiger partial charge in [-0.2, -0.15) is 12.7 Å². The van der Waals surface area contributed by atoms with Gasteiger partial charge in [0.2, 0.25) is 0 Å². The molecular formula is C5H7ClN2O2S2. The predicted octanol–water partition coefficient (Wildman–Crippen LogP) is 1.06. The summed E-state index contributed by atoms with van der Waals surface area (Å²) in [6.45, 7) is 0.218. The van der Waals surface area contributed by atoms with Crippen molar-refractivity contribution in [2.45, 2.75) is 6.54 Å². The molecule has 0 bridgehead atoms. The number of aromatic nitrogens is 1. The summed E-state index contributed by atoms with van der Waals surface area (Å²) in [5.74, 6) is 0. The second-order valence-electron chi connectivity index (χ2n) is 2.18. The summed E-state index contributed by atoms with van der Waals surface area (Å²) in [5, 5.41) is 1.78. The molecule has 1 aromatic rings. The third kappa shape index (κ3) is 2.71. The number of nitrogens with zero attached hydrogens (tertiary/aromatic N) is 2. The van der Waals surface area contributed by atoms with Crippen LogP contribution in [0.1, 0.15) is 5.69 Å². The average molecular weight is 227 g/mol. The minimum absolute atomic E-state index is 0.218. The molecule has 0 fully saturated rings. The lowest BCUT2D eigenvalue weighted by Crippen LogP contribution is -2.21. The van der Waals surface area contributed by atoms with Crippen LogP contribution in [-0.2, 0) is 15.8 Å². The number of halogens is 1. The molecule has 0 aliphatic heterocycles. The number of rotatable bonds is 3. The molecule has 0 unspecified atom stereocenters. The highest BCUT2D eigenvalue weighted by atomic mass is 35.7. The van der Waals surface area contributed by atoms with E-state index in [4.69, 9.17) is 10.7 Å². The third-order valence-corrected chi connectivity index (χ3v) is 3.46. The Morgan fingerprint density at radius 1 is 1.75 bits per heavy atom. The van der Waals surface area contributed by atoms with E-state index in [1.54, 1.807) is 10.9 Å². The maximum Gasteiger partial charge on any atom is 0.299 e. The quantitative estimate of drug-likeness (QED) is 0.725. The van der Waals surface area contributed by atoms with Gasteiger partial charge < -0.3 is 0 Å². The van der Waals surface area contributed by atoms with Gasteiger partial charge in [-0.05, 0) is 0 Å². The van der Waals surface area contributed by atoms with Crippen molar-refractivity contribution in [3.63, 3.8) is 0 Å². The van der Waals surface area contributed by atoms with Crippen molar-refractivity contribution in [3.05, 3.63) is 16.6 Å². The monoisotopic (exact) mass is 226 g/mol. The Labute approximate surface area is 79.3 Å². The van der Waals surface area contributed by atoms with Crippen LogP contribution in [0.3, 0.4) is 0 Å². The highest BCUT2D eigenvalue weighted by Gasteiger charge is 2.14. The molecule has 0 aliphatic carbocycles. The van der Waals surface area contributed by atoms with Gasteiger partial charge in [0, 0.05) is 23.1 Å². The van der Waals surface area contributed by atoms with Crippen LogP contribution in [0.15, 0.2) is 10.9 Å². The van der Waals surface area contributed by atoms with Gasteiger partial charge in [-0.15, -0.1) is 11.3 Å². The summed E-state index contributed by atoms with van der Waals surface area (Å²) in [4.78, 5) is 3.92. The third-order valence-electron chi connectivity index (χ3n) is 1.24. The van der Waals surface area contributed by atoms with Gasteiger partial charge in [-0.1, -0.05) is 0 Å². The van der Waals surface area contributed by atoms with Crippen LogP contribution in [0.4, 0.5) is 0 Å².